The van der Waals surface area contributed by atoms with Crippen LogP contribution in [0.2, 0.25) is 0 Å². The summed E-state index contributed by atoms with van der Waals surface area (Å²) < 4.78 is 7.15. The Balaban J connectivity index is 0.843. The fourth-order valence-electron chi connectivity index (χ4n) is 12.7. The number of nitrogens with zero attached hydrogens (tertiary/aromatic N) is 3. The second kappa shape index (κ2) is 12.7. The molecule has 0 fully saturated rings. The molecule has 0 spiro atoms. The molecule has 56 heavy (non-hydrogen) atoms. The summed E-state index contributed by atoms with van der Waals surface area (Å²) in [6, 6.07) is 8.09. The summed E-state index contributed by atoms with van der Waals surface area (Å²) in [5.74, 6) is 4.47. The zero-order chi connectivity index (χ0) is 37.1. The van der Waals surface area contributed by atoms with E-state index in [9.17, 15) is 0 Å². The number of fused-ring (bicyclic) bond motifs is 8. The van der Waals surface area contributed by atoms with Crippen LogP contribution in [-0.2, 0) is 5.41 Å². The summed E-state index contributed by atoms with van der Waals surface area (Å²) >= 11 is 0. The molecule has 9 aliphatic carbocycles. The first-order valence-electron chi connectivity index (χ1n) is 22.1. The average Bonchev–Trinajstić information content (AvgIpc) is 3.92. The summed E-state index contributed by atoms with van der Waals surface area (Å²) in [6.07, 6.45) is 49.7. The standard InChI is InChI=1S/C52H55N3O/c1-32-11-8-17-43-49(32)54(51(53-43)38-23-21-33-29-36(38)30-33)37-25-27-52(2,28-26-37)42-16-10-20-47-48(42)40-15-9-19-46(50(40)56-47)55-44-18-7-6-14-39(44)41-31-35(22-24-45(41)55)34-12-4-3-5-13-34/h4,8-10,12-13,15-17,19-22,24-27,29,32,35,38,41,43,45-46,49-50H,3,5-7,11,14,18,23,28,30-31H2,1-2H3. The number of amidine groups is 1. The van der Waals surface area contributed by atoms with Gasteiger partial charge in [-0.3, -0.25) is 4.99 Å². The van der Waals surface area contributed by atoms with E-state index in [0.717, 1.165) is 31.4 Å². The minimum absolute atomic E-state index is 0.00465. The molecule has 3 aliphatic heterocycles. The van der Waals surface area contributed by atoms with Crippen molar-refractivity contribution in [3.8, 4) is 5.75 Å². The lowest BCUT2D eigenvalue weighted by atomic mass is 9.72. The van der Waals surface area contributed by atoms with Crippen LogP contribution in [0.15, 0.2) is 148 Å². The van der Waals surface area contributed by atoms with Crippen molar-refractivity contribution in [3.63, 3.8) is 0 Å². The quantitative estimate of drug-likeness (QED) is 0.282. The number of ether oxygens (including phenoxy) is 1. The minimum atomic E-state index is -0.140. The molecule has 12 aliphatic rings. The maximum absolute atomic E-state index is 7.15. The first kappa shape index (κ1) is 33.6. The highest BCUT2D eigenvalue weighted by molar-refractivity contribution is 5.93. The van der Waals surface area contributed by atoms with Gasteiger partial charge in [0.15, 0.2) is 0 Å². The Hall–Kier alpha value is -4.57. The van der Waals surface area contributed by atoms with Gasteiger partial charge in [-0.15, -0.1) is 0 Å². The maximum atomic E-state index is 7.15. The predicted molar refractivity (Wildman–Crippen MR) is 228 cm³/mol. The molecule has 2 bridgehead atoms. The molecule has 0 saturated carbocycles. The van der Waals surface area contributed by atoms with Gasteiger partial charge in [-0.2, -0.15) is 0 Å². The summed E-state index contributed by atoms with van der Waals surface area (Å²) in [7, 11) is 0. The summed E-state index contributed by atoms with van der Waals surface area (Å²) in [5, 5.41) is 0. The Kier molecular flexibility index (Phi) is 7.62. The van der Waals surface area contributed by atoms with Crippen molar-refractivity contribution in [2.45, 2.75) is 120 Å². The van der Waals surface area contributed by atoms with Crippen molar-refractivity contribution in [3.05, 3.63) is 154 Å². The summed E-state index contributed by atoms with van der Waals surface area (Å²) in [5.41, 5.74) is 13.3. The van der Waals surface area contributed by atoms with E-state index in [2.05, 4.69) is 133 Å². The third-order valence-electron chi connectivity index (χ3n) is 15.6. The van der Waals surface area contributed by atoms with Crippen LogP contribution in [0.5, 0.6) is 5.75 Å². The number of hydrogen-bond acceptors (Lipinski definition) is 4. The Morgan fingerprint density at radius 2 is 1.86 bits per heavy atom. The number of hydrogen-bond donors (Lipinski definition) is 0. The van der Waals surface area contributed by atoms with Gasteiger partial charge in [-0.25, -0.2) is 0 Å². The lowest BCUT2D eigenvalue weighted by Crippen LogP contribution is -2.48. The monoisotopic (exact) mass is 737 g/mol. The molecule has 0 N–H and O–H groups in total. The maximum Gasteiger partial charge on any atom is 0.148 e. The van der Waals surface area contributed by atoms with Crippen LogP contribution in [0.25, 0.3) is 5.57 Å². The molecule has 4 nitrogen and oxygen atoms in total. The van der Waals surface area contributed by atoms with Crippen molar-refractivity contribution in [1.82, 2.24) is 9.80 Å². The Morgan fingerprint density at radius 1 is 0.929 bits per heavy atom. The van der Waals surface area contributed by atoms with Gasteiger partial charge in [-0.05, 0) is 111 Å². The van der Waals surface area contributed by atoms with Gasteiger partial charge in [-0.1, -0.05) is 117 Å². The SMILES string of the molecule is CC1CC=CC2N=C(C3CC=C4C=C3C4)N(C3=CCC(C)(c4cccc5c4C4=CC=CC(N6C7=C(CCCC7)C7CC(C8=CCCC=C8)C=CC76)C4O5)C=C3)C12. The molecule has 284 valence electrons. The summed E-state index contributed by atoms with van der Waals surface area (Å²) in [6.45, 7) is 4.87. The number of allylic oxidation sites excluding steroid dienone is 15. The molecule has 0 radical (unpaired) electrons. The Labute approximate surface area is 333 Å². The fourth-order valence-corrected chi connectivity index (χ4v) is 12.7. The van der Waals surface area contributed by atoms with Crippen LogP contribution >= 0.6 is 0 Å². The van der Waals surface area contributed by atoms with Crippen LogP contribution < -0.4 is 4.74 Å². The second-order valence-corrected chi connectivity index (χ2v) is 18.8. The van der Waals surface area contributed by atoms with Gasteiger partial charge in [0.2, 0.25) is 0 Å². The van der Waals surface area contributed by atoms with Gasteiger partial charge < -0.3 is 14.5 Å². The van der Waals surface area contributed by atoms with Crippen LogP contribution in [0.3, 0.4) is 0 Å². The van der Waals surface area contributed by atoms with Crippen LogP contribution in [0, 0.1) is 23.7 Å². The van der Waals surface area contributed by atoms with Crippen molar-refractivity contribution in [2.75, 3.05) is 0 Å². The molecule has 3 heterocycles. The van der Waals surface area contributed by atoms with Gasteiger partial charge in [0.25, 0.3) is 0 Å². The van der Waals surface area contributed by atoms with E-state index in [1.807, 2.05) is 0 Å². The molecule has 10 atom stereocenters. The molecular weight excluding hydrogens is 683 g/mol. The van der Waals surface area contributed by atoms with Gasteiger partial charge in [0.1, 0.15) is 17.7 Å². The third kappa shape index (κ3) is 4.99. The van der Waals surface area contributed by atoms with E-state index in [-0.39, 0.29) is 23.6 Å². The van der Waals surface area contributed by atoms with Gasteiger partial charge in [0, 0.05) is 45.7 Å². The molecule has 1 aromatic rings. The molecule has 1 aromatic carbocycles. The molecule has 0 saturated heterocycles. The van der Waals surface area contributed by atoms with E-state index in [0.29, 0.717) is 35.8 Å². The van der Waals surface area contributed by atoms with E-state index >= 15 is 0 Å². The number of rotatable bonds is 5. The fraction of sp³-hybridized carbons (Fsp3) is 0.442. The Bertz CT molecular complexity index is 2280. The topological polar surface area (TPSA) is 28.1 Å². The molecule has 4 heteroatoms. The summed E-state index contributed by atoms with van der Waals surface area (Å²) in [4.78, 5) is 11.0. The second-order valence-electron chi connectivity index (χ2n) is 18.8. The Morgan fingerprint density at radius 3 is 2.70 bits per heavy atom. The zero-order valence-electron chi connectivity index (χ0n) is 33.1. The van der Waals surface area contributed by atoms with Crippen molar-refractivity contribution >= 4 is 11.4 Å². The molecule has 10 unspecified atom stereocenters. The lowest BCUT2D eigenvalue weighted by Gasteiger charge is -2.42. The van der Waals surface area contributed by atoms with Gasteiger partial charge >= 0.3 is 0 Å². The van der Waals surface area contributed by atoms with E-state index < -0.39 is 0 Å². The number of aliphatic imine (C=N–C) groups is 1. The number of benzene rings is 1. The normalized spacial score (nSPS) is 38.3. The van der Waals surface area contributed by atoms with Crippen LogP contribution in [0.4, 0.5) is 0 Å². The van der Waals surface area contributed by atoms with Gasteiger partial charge in [0.05, 0.1) is 24.2 Å². The molecular formula is C52H55N3O. The molecule has 0 aromatic heterocycles. The molecule has 13 rings (SSSR count). The van der Waals surface area contributed by atoms with E-state index in [1.54, 1.807) is 16.8 Å². The van der Waals surface area contributed by atoms with Crippen LogP contribution in [0.1, 0.15) is 95.6 Å². The van der Waals surface area contributed by atoms with Crippen molar-refractivity contribution < 1.29 is 4.74 Å². The predicted octanol–water partition coefficient (Wildman–Crippen LogP) is 11.2. The first-order valence-corrected chi connectivity index (χ1v) is 22.1. The van der Waals surface area contributed by atoms with Crippen molar-refractivity contribution in [1.29, 1.82) is 0 Å². The van der Waals surface area contributed by atoms with Crippen molar-refractivity contribution in [2.24, 2.45) is 28.7 Å². The van der Waals surface area contributed by atoms with Crippen LogP contribution in [-0.4, -0.2) is 45.9 Å². The third-order valence-corrected chi connectivity index (χ3v) is 15.6. The first-order chi connectivity index (χ1) is 27.5. The highest BCUT2D eigenvalue weighted by Crippen LogP contribution is 2.54. The minimum Gasteiger partial charge on any atom is -0.483 e. The lowest BCUT2D eigenvalue weighted by molar-refractivity contribution is 0.133. The average molecular weight is 738 g/mol. The highest BCUT2D eigenvalue weighted by Gasteiger charge is 2.50. The highest BCUT2D eigenvalue weighted by atomic mass is 16.5. The smallest absolute Gasteiger partial charge is 0.148 e. The molecule has 0 amide bonds. The van der Waals surface area contributed by atoms with E-state index in [4.69, 9.17) is 9.73 Å². The van der Waals surface area contributed by atoms with E-state index in [1.165, 1.54) is 84.3 Å². The largest absolute Gasteiger partial charge is 0.483 e. The zero-order valence-corrected chi connectivity index (χ0v) is 33.1.